The van der Waals surface area contributed by atoms with Gasteiger partial charge in [-0.3, -0.25) is 9.59 Å². The highest BCUT2D eigenvalue weighted by molar-refractivity contribution is 6.05. The van der Waals surface area contributed by atoms with Crippen LogP contribution in [-0.4, -0.2) is 39.7 Å². The Morgan fingerprint density at radius 2 is 1.71 bits per heavy atom. The van der Waals surface area contributed by atoms with Crippen LogP contribution in [0.2, 0.25) is 0 Å². The summed E-state index contributed by atoms with van der Waals surface area (Å²) in [6.07, 6.45) is 1.14. The normalized spacial score (nSPS) is 13.0. The number of nitrogens with one attached hydrogen (secondary N) is 1. The molecule has 0 saturated carbocycles. The van der Waals surface area contributed by atoms with Crippen LogP contribution in [0, 0.1) is 0 Å². The maximum atomic E-state index is 12.8. The molecule has 7 heteroatoms. The number of hydrogen-bond donors (Lipinski definition) is 1. The number of methoxy groups -OCH3 is 3. The maximum Gasteiger partial charge on any atom is 0.255 e. The lowest BCUT2D eigenvalue weighted by atomic mass is 10.0. The molecule has 28 heavy (non-hydrogen) atoms. The first kappa shape index (κ1) is 19.5. The van der Waals surface area contributed by atoms with Gasteiger partial charge in [0.2, 0.25) is 11.7 Å². The Labute approximate surface area is 164 Å². The third kappa shape index (κ3) is 3.60. The lowest BCUT2D eigenvalue weighted by Crippen LogP contribution is -2.34. The number of fused-ring (bicyclic) bond motifs is 1. The van der Waals surface area contributed by atoms with Crippen molar-refractivity contribution in [1.29, 1.82) is 0 Å². The van der Waals surface area contributed by atoms with E-state index >= 15 is 0 Å². The van der Waals surface area contributed by atoms with Gasteiger partial charge in [0, 0.05) is 29.9 Å². The van der Waals surface area contributed by atoms with E-state index in [-0.39, 0.29) is 11.8 Å². The Bertz CT molecular complexity index is 885. The van der Waals surface area contributed by atoms with E-state index in [0.29, 0.717) is 47.9 Å². The fourth-order valence-corrected chi connectivity index (χ4v) is 3.40. The maximum absolute atomic E-state index is 12.8. The topological polar surface area (TPSA) is 77.1 Å². The smallest absolute Gasteiger partial charge is 0.255 e. The summed E-state index contributed by atoms with van der Waals surface area (Å²) in [5.41, 5.74) is 3.01. The summed E-state index contributed by atoms with van der Waals surface area (Å²) in [6.45, 7) is 2.58. The number of amides is 2. The first-order chi connectivity index (χ1) is 13.5. The molecular formula is C21H24N2O5. The molecule has 2 amide bonds. The predicted molar refractivity (Wildman–Crippen MR) is 107 cm³/mol. The van der Waals surface area contributed by atoms with Crippen LogP contribution < -0.4 is 24.4 Å². The molecule has 0 bridgehead atoms. The second-order valence-electron chi connectivity index (χ2n) is 6.35. The number of benzene rings is 2. The molecule has 148 valence electrons. The van der Waals surface area contributed by atoms with Crippen molar-refractivity contribution in [3.05, 3.63) is 41.5 Å². The molecule has 3 rings (SSSR count). The second-order valence-corrected chi connectivity index (χ2v) is 6.35. The van der Waals surface area contributed by atoms with Crippen molar-refractivity contribution in [1.82, 2.24) is 0 Å². The van der Waals surface area contributed by atoms with Gasteiger partial charge in [-0.2, -0.15) is 0 Å². The van der Waals surface area contributed by atoms with E-state index in [1.807, 2.05) is 19.1 Å². The minimum Gasteiger partial charge on any atom is -0.493 e. The van der Waals surface area contributed by atoms with Crippen molar-refractivity contribution in [3.8, 4) is 17.2 Å². The third-order valence-electron chi connectivity index (χ3n) is 4.78. The fraction of sp³-hybridized carbons (Fsp3) is 0.333. The SMILES string of the molecule is CCN1C(=O)CCc2cc(NC(=O)c3cc(OC)c(OC)c(OC)c3)ccc21. The summed E-state index contributed by atoms with van der Waals surface area (Å²) >= 11 is 0. The van der Waals surface area contributed by atoms with E-state index in [4.69, 9.17) is 14.2 Å². The number of carbonyl (C=O) groups excluding carboxylic acids is 2. The first-order valence-corrected chi connectivity index (χ1v) is 9.07. The number of nitrogens with zero attached hydrogens (tertiary/aromatic N) is 1. The van der Waals surface area contributed by atoms with Gasteiger partial charge in [0.05, 0.1) is 21.3 Å². The lowest BCUT2D eigenvalue weighted by molar-refractivity contribution is -0.118. The summed E-state index contributed by atoms with van der Waals surface area (Å²) in [6, 6.07) is 8.80. The molecule has 1 aliphatic rings. The first-order valence-electron chi connectivity index (χ1n) is 9.07. The van der Waals surface area contributed by atoms with E-state index < -0.39 is 0 Å². The molecule has 0 fully saturated rings. The van der Waals surface area contributed by atoms with Crippen molar-refractivity contribution in [2.45, 2.75) is 19.8 Å². The molecule has 0 radical (unpaired) electrons. The van der Waals surface area contributed by atoms with Gasteiger partial charge in [-0.15, -0.1) is 0 Å². The van der Waals surface area contributed by atoms with Gasteiger partial charge in [0.15, 0.2) is 11.5 Å². The molecular weight excluding hydrogens is 360 g/mol. The van der Waals surface area contributed by atoms with Gasteiger partial charge in [-0.25, -0.2) is 0 Å². The summed E-state index contributed by atoms with van der Waals surface area (Å²) in [5.74, 6) is 1.09. The van der Waals surface area contributed by atoms with Crippen molar-refractivity contribution in [2.75, 3.05) is 38.1 Å². The highest BCUT2D eigenvalue weighted by Gasteiger charge is 2.23. The third-order valence-corrected chi connectivity index (χ3v) is 4.78. The zero-order valence-corrected chi connectivity index (χ0v) is 16.5. The van der Waals surface area contributed by atoms with Crippen LogP contribution >= 0.6 is 0 Å². The van der Waals surface area contributed by atoms with Crippen LogP contribution in [0.4, 0.5) is 11.4 Å². The minimum atomic E-state index is -0.293. The van der Waals surface area contributed by atoms with E-state index in [2.05, 4.69) is 5.32 Å². The van der Waals surface area contributed by atoms with Crippen molar-refractivity contribution in [3.63, 3.8) is 0 Å². The van der Waals surface area contributed by atoms with Gasteiger partial charge in [0.25, 0.3) is 5.91 Å². The van der Waals surface area contributed by atoms with Crippen molar-refractivity contribution < 1.29 is 23.8 Å². The molecule has 1 aliphatic heterocycles. The van der Waals surface area contributed by atoms with Gasteiger partial charge in [-0.1, -0.05) is 0 Å². The Kier molecular flexibility index (Phi) is 5.73. The molecule has 2 aromatic rings. The highest BCUT2D eigenvalue weighted by Crippen LogP contribution is 2.38. The van der Waals surface area contributed by atoms with Crippen molar-refractivity contribution >= 4 is 23.2 Å². The largest absolute Gasteiger partial charge is 0.493 e. The molecule has 7 nitrogen and oxygen atoms in total. The molecule has 0 spiro atoms. The fourth-order valence-electron chi connectivity index (χ4n) is 3.40. The number of ether oxygens (including phenoxy) is 3. The van der Waals surface area contributed by atoms with Gasteiger partial charge in [-0.05, 0) is 49.2 Å². The number of carbonyl (C=O) groups is 2. The Balaban J connectivity index is 1.87. The Morgan fingerprint density at radius 3 is 2.29 bits per heavy atom. The monoisotopic (exact) mass is 384 g/mol. The van der Waals surface area contributed by atoms with Gasteiger partial charge >= 0.3 is 0 Å². The van der Waals surface area contributed by atoms with Gasteiger partial charge < -0.3 is 24.4 Å². The number of rotatable bonds is 6. The summed E-state index contributed by atoms with van der Waals surface area (Å²) < 4.78 is 15.9. The number of aryl methyl sites for hydroxylation is 1. The highest BCUT2D eigenvalue weighted by atomic mass is 16.5. The molecule has 0 saturated heterocycles. The molecule has 0 aromatic heterocycles. The van der Waals surface area contributed by atoms with Crippen LogP contribution in [0.25, 0.3) is 0 Å². The molecule has 0 aliphatic carbocycles. The summed E-state index contributed by atoms with van der Waals surface area (Å²) in [7, 11) is 4.52. The van der Waals surface area contributed by atoms with Crippen LogP contribution in [-0.2, 0) is 11.2 Å². The average molecular weight is 384 g/mol. The van der Waals surface area contributed by atoms with Crippen LogP contribution in [0.1, 0.15) is 29.3 Å². The minimum absolute atomic E-state index is 0.129. The second kappa shape index (κ2) is 8.21. The zero-order valence-electron chi connectivity index (χ0n) is 16.5. The quantitative estimate of drug-likeness (QED) is 0.827. The Hall–Kier alpha value is -3.22. The molecule has 1 N–H and O–H groups in total. The summed E-state index contributed by atoms with van der Waals surface area (Å²) in [4.78, 5) is 26.6. The molecule has 0 atom stereocenters. The average Bonchev–Trinajstić information content (AvgIpc) is 2.72. The number of hydrogen-bond acceptors (Lipinski definition) is 5. The van der Waals surface area contributed by atoms with E-state index in [9.17, 15) is 9.59 Å². The molecule has 1 heterocycles. The van der Waals surface area contributed by atoms with Crippen LogP contribution in [0.5, 0.6) is 17.2 Å². The van der Waals surface area contributed by atoms with E-state index in [0.717, 1.165) is 11.3 Å². The van der Waals surface area contributed by atoms with E-state index in [1.165, 1.54) is 21.3 Å². The standard InChI is InChI=1S/C21H24N2O5/c1-5-23-16-8-7-15(10-13(16)6-9-19(23)24)22-21(25)14-11-17(26-2)20(28-4)18(12-14)27-3/h7-8,10-12H,5-6,9H2,1-4H3,(H,22,25). The van der Waals surface area contributed by atoms with Crippen LogP contribution in [0.3, 0.4) is 0 Å². The zero-order chi connectivity index (χ0) is 20.3. The Morgan fingerprint density at radius 1 is 1.04 bits per heavy atom. The molecule has 2 aromatic carbocycles. The van der Waals surface area contributed by atoms with E-state index in [1.54, 1.807) is 23.1 Å². The van der Waals surface area contributed by atoms with Crippen LogP contribution in [0.15, 0.2) is 30.3 Å². The number of anilines is 2. The summed E-state index contributed by atoms with van der Waals surface area (Å²) in [5, 5.41) is 2.90. The molecule has 0 unspecified atom stereocenters. The van der Waals surface area contributed by atoms with Gasteiger partial charge in [0.1, 0.15) is 0 Å². The lowest BCUT2D eigenvalue weighted by Gasteiger charge is -2.28. The predicted octanol–water partition coefficient (Wildman–Crippen LogP) is 3.26. The van der Waals surface area contributed by atoms with Crippen molar-refractivity contribution in [2.24, 2.45) is 0 Å².